The predicted octanol–water partition coefficient (Wildman–Crippen LogP) is 1.39. The van der Waals surface area contributed by atoms with Crippen molar-refractivity contribution < 1.29 is 0 Å². The fourth-order valence-corrected chi connectivity index (χ4v) is 3.76. The van der Waals surface area contributed by atoms with Gasteiger partial charge in [-0.3, -0.25) is 0 Å². The van der Waals surface area contributed by atoms with E-state index in [4.69, 9.17) is 11.5 Å². The molecule has 3 heterocycles. The predicted molar refractivity (Wildman–Crippen MR) is 99.7 cm³/mol. The molecule has 0 aliphatic carbocycles. The van der Waals surface area contributed by atoms with Gasteiger partial charge in [0.2, 0.25) is 19.9 Å². The van der Waals surface area contributed by atoms with Crippen LogP contribution >= 0.6 is 22.7 Å². The van der Waals surface area contributed by atoms with Gasteiger partial charge >= 0.3 is 0 Å². The molecule has 0 saturated carbocycles. The summed E-state index contributed by atoms with van der Waals surface area (Å²) in [6.45, 7) is 0. The second-order valence-electron chi connectivity index (χ2n) is 5.28. The number of aryl methyl sites for hydroxylation is 2. The van der Waals surface area contributed by atoms with E-state index in [1.165, 1.54) is 22.7 Å². The topological polar surface area (TPSA) is 128 Å². The van der Waals surface area contributed by atoms with Crippen LogP contribution in [0.1, 0.15) is 0 Å². The Labute approximate surface area is 149 Å². The van der Waals surface area contributed by atoms with Crippen molar-refractivity contribution in [1.29, 1.82) is 0 Å². The Hall–Kier alpha value is -2.92. The number of nitrogens with two attached hydrogens (primary N) is 2. The molecule has 11 heteroatoms. The Morgan fingerprint density at radius 3 is 1.68 bits per heavy atom. The number of fused-ring (bicyclic) bond motifs is 1. The summed E-state index contributed by atoms with van der Waals surface area (Å²) in [7, 11) is 3.62. The van der Waals surface area contributed by atoms with Crippen molar-refractivity contribution in [3.63, 3.8) is 0 Å². The number of hydrogen-bond acceptors (Lipinski definition) is 8. The summed E-state index contributed by atoms with van der Waals surface area (Å²) < 4.78 is 3.30. The molecule has 128 valence electrons. The molecule has 5 N–H and O–H groups in total. The number of anilines is 2. The maximum Gasteiger partial charge on any atom is 0.211 e. The van der Waals surface area contributed by atoms with E-state index in [1.807, 2.05) is 38.4 Å². The minimum absolute atomic E-state index is 0.467. The maximum absolute atomic E-state index is 5.75. The Kier molecular flexibility index (Phi) is 3.66. The van der Waals surface area contributed by atoms with E-state index in [-0.39, 0.29) is 0 Å². The molecule has 4 rings (SSSR count). The smallest absolute Gasteiger partial charge is 0.211 e. The van der Waals surface area contributed by atoms with Gasteiger partial charge in [0.05, 0.1) is 0 Å². The molecule has 0 unspecified atom stereocenters. The van der Waals surface area contributed by atoms with Gasteiger partial charge in [-0.25, -0.2) is 19.3 Å². The second kappa shape index (κ2) is 5.86. The molecule has 0 saturated heterocycles. The first-order valence-corrected chi connectivity index (χ1v) is 8.94. The van der Waals surface area contributed by atoms with Crippen LogP contribution < -0.4 is 21.1 Å². The molecular weight excluding hydrogens is 358 g/mol. The third-order valence-electron chi connectivity index (χ3n) is 3.53. The number of aromatic amines is 1. The van der Waals surface area contributed by atoms with Crippen molar-refractivity contribution in [1.82, 2.24) is 24.5 Å². The van der Waals surface area contributed by atoms with Gasteiger partial charge in [-0.2, -0.15) is 0 Å². The highest BCUT2D eigenvalue weighted by molar-refractivity contribution is 7.13. The second-order valence-corrected chi connectivity index (χ2v) is 7.26. The first-order valence-electron chi connectivity index (χ1n) is 7.30. The fourth-order valence-electron chi connectivity index (χ4n) is 2.44. The van der Waals surface area contributed by atoms with E-state index < -0.39 is 0 Å². The SMILES string of the molecule is Cn1nc(N)sc1=Nc1[nH]c(N=c2sc(N)nn2C)c2ccccc12. The van der Waals surface area contributed by atoms with E-state index >= 15 is 0 Å². The van der Waals surface area contributed by atoms with Gasteiger partial charge in [0.15, 0.2) is 0 Å². The third-order valence-corrected chi connectivity index (χ3v) is 5.19. The van der Waals surface area contributed by atoms with Gasteiger partial charge in [0, 0.05) is 24.9 Å². The zero-order valence-electron chi connectivity index (χ0n) is 13.5. The number of nitrogens with one attached hydrogen (secondary N) is 1. The largest absolute Gasteiger partial charge is 0.374 e. The van der Waals surface area contributed by atoms with Crippen molar-refractivity contribution in [2.45, 2.75) is 0 Å². The van der Waals surface area contributed by atoms with E-state index in [0.717, 1.165) is 10.8 Å². The monoisotopic (exact) mass is 373 g/mol. The van der Waals surface area contributed by atoms with E-state index in [9.17, 15) is 0 Å². The van der Waals surface area contributed by atoms with Crippen LogP contribution in [-0.4, -0.2) is 24.5 Å². The summed E-state index contributed by atoms with van der Waals surface area (Å²) in [6, 6.07) is 7.92. The lowest BCUT2D eigenvalue weighted by atomic mass is 10.2. The maximum atomic E-state index is 5.75. The molecule has 0 aliphatic heterocycles. The van der Waals surface area contributed by atoms with Crippen LogP contribution in [0.2, 0.25) is 0 Å². The number of nitrogens with zero attached hydrogens (tertiary/aromatic N) is 6. The highest BCUT2D eigenvalue weighted by Crippen LogP contribution is 2.33. The normalized spacial score (nSPS) is 13.2. The molecule has 0 atom stereocenters. The number of aromatic nitrogens is 5. The molecule has 0 radical (unpaired) electrons. The number of nitrogen functional groups attached to an aromatic ring is 2. The van der Waals surface area contributed by atoms with Gasteiger partial charge in [0.1, 0.15) is 11.6 Å². The van der Waals surface area contributed by atoms with Crippen molar-refractivity contribution in [3.05, 3.63) is 33.9 Å². The fraction of sp³-hybridized carbons (Fsp3) is 0.143. The molecule has 4 aromatic rings. The molecule has 9 nitrogen and oxygen atoms in total. The van der Waals surface area contributed by atoms with E-state index in [1.54, 1.807) is 9.36 Å². The van der Waals surface area contributed by atoms with Gasteiger partial charge in [-0.05, 0) is 0 Å². The molecule has 3 aromatic heterocycles. The Morgan fingerprint density at radius 1 is 0.880 bits per heavy atom. The van der Waals surface area contributed by atoms with E-state index in [0.29, 0.717) is 31.5 Å². The lowest BCUT2D eigenvalue weighted by Crippen LogP contribution is -2.11. The van der Waals surface area contributed by atoms with Crippen LogP contribution in [0.5, 0.6) is 0 Å². The standard InChI is InChI=1S/C14H15N9S2/c1-22-13(24-11(15)20-22)18-9-7-5-3-4-6-8(7)10(17-9)19-14-23(2)21-12(16)25-14/h3-6,17H,1-2H3,(H2,15,20)(H2,16,21). The number of hydrogen-bond donors (Lipinski definition) is 3. The summed E-state index contributed by atoms with van der Waals surface area (Å²) >= 11 is 2.64. The van der Waals surface area contributed by atoms with Crippen LogP contribution in [0.3, 0.4) is 0 Å². The van der Waals surface area contributed by atoms with Gasteiger partial charge in [-0.15, -0.1) is 10.2 Å². The quantitative estimate of drug-likeness (QED) is 0.490. The Balaban J connectivity index is 1.96. The third kappa shape index (κ3) is 2.83. The average molecular weight is 373 g/mol. The Morgan fingerprint density at radius 2 is 1.32 bits per heavy atom. The van der Waals surface area contributed by atoms with Crippen LogP contribution in [0.4, 0.5) is 21.9 Å². The highest BCUT2D eigenvalue weighted by atomic mass is 32.1. The molecular formula is C14H15N9S2. The minimum Gasteiger partial charge on any atom is -0.374 e. The van der Waals surface area contributed by atoms with Crippen molar-refractivity contribution in [3.8, 4) is 0 Å². The summed E-state index contributed by atoms with van der Waals surface area (Å²) in [5.74, 6) is 1.41. The average Bonchev–Trinajstić information content (AvgIpc) is 3.18. The number of benzene rings is 1. The molecule has 0 fully saturated rings. The lowest BCUT2D eigenvalue weighted by molar-refractivity contribution is 0.732. The van der Waals surface area contributed by atoms with Gasteiger partial charge in [0.25, 0.3) is 0 Å². The highest BCUT2D eigenvalue weighted by Gasteiger charge is 2.10. The van der Waals surface area contributed by atoms with Crippen molar-refractivity contribution >= 4 is 55.3 Å². The molecule has 0 bridgehead atoms. The van der Waals surface area contributed by atoms with E-state index in [2.05, 4.69) is 25.2 Å². The van der Waals surface area contributed by atoms with Crippen molar-refractivity contribution in [2.24, 2.45) is 24.1 Å². The summed E-state index contributed by atoms with van der Waals surface area (Å²) in [6.07, 6.45) is 0. The first kappa shape index (κ1) is 15.6. The summed E-state index contributed by atoms with van der Waals surface area (Å²) in [4.78, 5) is 14.0. The Bertz CT molecular complexity index is 1110. The van der Waals surface area contributed by atoms with Crippen LogP contribution in [-0.2, 0) is 14.1 Å². The minimum atomic E-state index is 0.467. The summed E-state index contributed by atoms with van der Waals surface area (Å²) in [5, 5.41) is 11.1. The van der Waals surface area contributed by atoms with Crippen LogP contribution in [0.15, 0.2) is 34.3 Å². The van der Waals surface area contributed by atoms with Crippen LogP contribution in [0, 0.1) is 0 Å². The number of H-pyrrole nitrogens is 1. The van der Waals surface area contributed by atoms with Crippen molar-refractivity contribution in [2.75, 3.05) is 11.5 Å². The molecule has 0 aliphatic rings. The van der Waals surface area contributed by atoms with Gasteiger partial charge in [-0.1, -0.05) is 46.9 Å². The molecule has 0 amide bonds. The molecule has 0 spiro atoms. The lowest BCUT2D eigenvalue weighted by Gasteiger charge is -1.91. The zero-order chi connectivity index (χ0) is 17.6. The number of rotatable bonds is 2. The van der Waals surface area contributed by atoms with Crippen LogP contribution in [0.25, 0.3) is 10.8 Å². The molecule has 1 aromatic carbocycles. The molecule has 25 heavy (non-hydrogen) atoms. The van der Waals surface area contributed by atoms with Gasteiger partial charge < -0.3 is 16.5 Å². The zero-order valence-corrected chi connectivity index (χ0v) is 15.1. The summed E-state index contributed by atoms with van der Waals surface area (Å²) in [5.41, 5.74) is 11.5. The first-order chi connectivity index (χ1) is 12.0.